The van der Waals surface area contributed by atoms with Crippen molar-refractivity contribution in [3.63, 3.8) is 0 Å². The van der Waals surface area contributed by atoms with Crippen LogP contribution in [0, 0.1) is 23.1 Å². The van der Waals surface area contributed by atoms with E-state index in [0.717, 1.165) is 44.4 Å². The lowest BCUT2D eigenvalue weighted by atomic mass is 9.94. The maximum Gasteiger partial charge on any atom is 0.417 e. The van der Waals surface area contributed by atoms with Crippen molar-refractivity contribution < 1.29 is 27.2 Å². The Hall–Kier alpha value is -3.17. The zero-order valence-corrected chi connectivity index (χ0v) is 22.5. The van der Waals surface area contributed by atoms with Crippen LogP contribution in [0.5, 0.6) is 0 Å². The minimum atomic E-state index is -4.39. The summed E-state index contributed by atoms with van der Waals surface area (Å²) in [6, 6.07) is 10.4. The van der Waals surface area contributed by atoms with Gasteiger partial charge >= 0.3 is 6.18 Å². The van der Waals surface area contributed by atoms with Crippen LogP contribution in [0.25, 0.3) is 0 Å². The summed E-state index contributed by atoms with van der Waals surface area (Å²) in [5, 5.41) is 0. The van der Waals surface area contributed by atoms with Gasteiger partial charge in [0.2, 0.25) is 11.8 Å². The second-order valence-corrected chi connectivity index (χ2v) is 11.1. The molecule has 6 nitrogen and oxygen atoms in total. The van der Waals surface area contributed by atoms with Crippen molar-refractivity contribution in [1.29, 1.82) is 0 Å². The summed E-state index contributed by atoms with van der Waals surface area (Å²) in [6.45, 7) is 5.33. The quantitative estimate of drug-likeness (QED) is 0.479. The van der Waals surface area contributed by atoms with E-state index in [1.807, 2.05) is 28.7 Å². The number of amides is 2. The summed E-state index contributed by atoms with van der Waals surface area (Å²) in [6.07, 6.45) is 0.708. The maximum atomic E-state index is 13.0. The molecule has 2 saturated heterocycles. The number of nitrogens with zero attached hydrogens (tertiary/aromatic N) is 4. The first-order valence-corrected chi connectivity index (χ1v) is 13.5. The largest absolute Gasteiger partial charge is 0.417 e. The third kappa shape index (κ3) is 7.48. The van der Waals surface area contributed by atoms with Crippen molar-refractivity contribution in [2.45, 2.75) is 45.2 Å². The Morgan fingerprint density at radius 2 is 1.64 bits per heavy atom. The van der Waals surface area contributed by atoms with Gasteiger partial charge in [-0.2, -0.15) is 13.2 Å². The zero-order valence-electron chi connectivity index (χ0n) is 22.5. The zero-order chi connectivity index (χ0) is 28.2. The second kappa shape index (κ2) is 11.9. The summed E-state index contributed by atoms with van der Waals surface area (Å²) in [4.78, 5) is 35.2. The van der Waals surface area contributed by atoms with Crippen LogP contribution in [0.15, 0.2) is 48.7 Å². The summed E-state index contributed by atoms with van der Waals surface area (Å²) in [7, 11) is 1.81. The van der Waals surface area contributed by atoms with Gasteiger partial charge in [0.15, 0.2) is 0 Å². The molecule has 1 saturated carbocycles. The normalized spacial score (nSPS) is 20.7. The first-order chi connectivity index (χ1) is 18.5. The molecule has 1 atom stereocenters. The third-order valence-corrected chi connectivity index (χ3v) is 7.98. The molecule has 212 valence electrons. The molecule has 1 aromatic carbocycles. The number of pyridine rings is 1. The predicted octanol–water partition coefficient (Wildman–Crippen LogP) is 5.25. The second-order valence-electron chi connectivity index (χ2n) is 11.1. The van der Waals surface area contributed by atoms with Crippen molar-refractivity contribution in [3.05, 3.63) is 60.0 Å². The van der Waals surface area contributed by atoms with Crippen LogP contribution >= 0.6 is 0 Å². The molecule has 3 aliphatic rings. The van der Waals surface area contributed by atoms with Crippen molar-refractivity contribution in [1.82, 2.24) is 14.8 Å². The van der Waals surface area contributed by atoms with E-state index in [-0.39, 0.29) is 34.9 Å². The van der Waals surface area contributed by atoms with Crippen LogP contribution < -0.4 is 4.90 Å². The summed E-state index contributed by atoms with van der Waals surface area (Å²) < 4.78 is 50.1. The summed E-state index contributed by atoms with van der Waals surface area (Å²) in [5.41, 5.74) is -0.918. The third-order valence-electron chi connectivity index (χ3n) is 7.98. The van der Waals surface area contributed by atoms with Gasteiger partial charge < -0.3 is 14.7 Å². The molecule has 3 heterocycles. The molecule has 0 N–H and O–H groups in total. The summed E-state index contributed by atoms with van der Waals surface area (Å²) >= 11 is 0. The molecular formula is C29H36F4N4O2. The van der Waals surface area contributed by atoms with Gasteiger partial charge in [0.25, 0.3) is 0 Å². The van der Waals surface area contributed by atoms with Crippen LogP contribution in [-0.4, -0.2) is 66.4 Å². The van der Waals surface area contributed by atoms with Gasteiger partial charge in [-0.1, -0.05) is 25.1 Å². The van der Waals surface area contributed by atoms with Gasteiger partial charge in [-0.15, -0.1) is 0 Å². The molecule has 1 aromatic heterocycles. The van der Waals surface area contributed by atoms with Gasteiger partial charge in [-0.25, -0.2) is 9.37 Å². The predicted molar refractivity (Wildman–Crippen MR) is 140 cm³/mol. The lowest BCUT2D eigenvalue weighted by Gasteiger charge is -2.34. The fourth-order valence-electron chi connectivity index (χ4n) is 5.23. The Kier molecular flexibility index (Phi) is 8.81. The van der Waals surface area contributed by atoms with E-state index < -0.39 is 11.7 Å². The highest BCUT2D eigenvalue weighted by Crippen LogP contribution is 2.47. The van der Waals surface area contributed by atoms with Crippen molar-refractivity contribution in [3.8, 4) is 0 Å². The van der Waals surface area contributed by atoms with Crippen molar-refractivity contribution in [2.24, 2.45) is 17.3 Å². The molecule has 0 unspecified atom stereocenters. The van der Waals surface area contributed by atoms with Gasteiger partial charge in [0.1, 0.15) is 11.6 Å². The topological polar surface area (TPSA) is 56.8 Å². The number of rotatable bonds is 5. The lowest BCUT2D eigenvalue weighted by molar-refractivity contribution is -0.142. The first-order valence-electron chi connectivity index (χ1n) is 13.5. The van der Waals surface area contributed by atoms with Crippen LogP contribution in [0.3, 0.4) is 0 Å². The number of hydrogen-bond donors (Lipinski definition) is 0. The minimum absolute atomic E-state index is 0.0286. The minimum Gasteiger partial charge on any atom is -0.359 e. The number of alkyl halides is 3. The number of piperidine rings is 1. The van der Waals surface area contributed by atoms with Crippen LogP contribution in [0.1, 0.15) is 44.6 Å². The Morgan fingerprint density at radius 1 is 1.00 bits per heavy atom. The van der Waals surface area contributed by atoms with E-state index >= 15 is 0 Å². The number of anilines is 1. The smallest absolute Gasteiger partial charge is 0.359 e. The molecular weight excluding hydrogens is 512 g/mol. The Morgan fingerprint density at radius 3 is 2.15 bits per heavy atom. The first kappa shape index (κ1) is 28.8. The number of benzene rings is 1. The van der Waals surface area contributed by atoms with E-state index in [0.29, 0.717) is 38.5 Å². The van der Waals surface area contributed by atoms with Gasteiger partial charge in [-0.3, -0.25) is 9.59 Å². The van der Waals surface area contributed by atoms with Gasteiger partial charge in [-0.05, 0) is 62.3 Å². The average molecular weight is 549 g/mol. The molecule has 2 amide bonds. The average Bonchev–Trinajstić information content (AvgIpc) is 3.51. The molecule has 2 aliphatic heterocycles. The maximum absolute atomic E-state index is 13.0. The fraction of sp³-hybridized carbons (Fsp3) is 0.552. The Labute approximate surface area is 227 Å². The molecule has 5 rings (SSSR count). The highest BCUT2D eigenvalue weighted by atomic mass is 19.4. The number of carbonyl (C=O) groups excluding carboxylic acids is 2. The number of aromatic nitrogens is 1. The van der Waals surface area contributed by atoms with Gasteiger partial charge in [0.05, 0.1) is 5.56 Å². The number of hydrogen-bond acceptors (Lipinski definition) is 4. The summed E-state index contributed by atoms with van der Waals surface area (Å²) in [5.74, 6) is 0.951. The number of likely N-dealkylation sites (tertiary alicyclic amines) is 2. The van der Waals surface area contributed by atoms with Crippen molar-refractivity contribution in [2.75, 3.05) is 44.7 Å². The molecule has 1 aliphatic carbocycles. The monoisotopic (exact) mass is 548 g/mol. The molecule has 0 spiro atoms. The van der Waals surface area contributed by atoms with Crippen LogP contribution in [0.4, 0.5) is 23.4 Å². The van der Waals surface area contributed by atoms with E-state index in [1.54, 1.807) is 18.2 Å². The van der Waals surface area contributed by atoms with Crippen molar-refractivity contribution >= 4 is 17.6 Å². The standard InChI is InChI=1S/C23H31F3N4O2.C6H5F/c1-22(8-9-22)21(32)29-11-6-17(7-12-29)20(31)30-10-5-16(15-30)14-28(2)19-4-3-18(13-27-19)23(24,25)26;7-6-4-2-1-3-5-6/h3-4,13,16-17H,5-12,14-15H2,1-2H3;1-5H/t16-;/m0./s1. The van der Waals surface area contributed by atoms with Gasteiger partial charge in [0, 0.05) is 57.3 Å². The molecule has 0 bridgehead atoms. The lowest BCUT2D eigenvalue weighted by Crippen LogP contribution is -2.45. The molecule has 10 heteroatoms. The Bertz CT molecular complexity index is 1110. The number of halogens is 4. The fourth-order valence-corrected chi connectivity index (χ4v) is 5.23. The highest BCUT2D eigenvalue weighted by Gasteiger charge is 2.48. The van der Waals surface area contributed by atoms with E-state index in [4.69, 9.17) is 0 Å². The van der Waals surface area contributed by atoms with Crippen LogP contribution in [-0.2, 0) is 15.8 Å². The molecule has 39 heavy (non-hydrogen) atoms. The highest BCUT2D eigenvalue weighted by molar-refractivity contribution is 5.85. The Balaban J connectivity index is 0.000000438. The van der Waals surface area contributed by atoms with E-state index in [1.165, 1.54) is 18.2 Å². The molecule has 3 fully saturated rings. The molecule has 0 radical (unpaired) electrons. The van der Waals surface area contributed by atoms with E-state index in [9.17, 15) is 27.2 Å². The number of carbonyl (C=O) groups is 2. The molecule has 2 aromatic rings. The SMILES string of the molecule is CN(C[C@@H]1CCN(C(=O)C2CCN(C(=O)C3(C)CC3)CC2)C1)c1ccc(C(F)(F)F)cn1.Fc1ccccc1. The van der Waals surface area contributed by atoms with E-state index in [2.05, 4.69) is 4.98 Å². The van der Waals surface area contributed by atoms with Crippen LogP contribution in [0.2, 0.25) is 0 Å².